The maximum Gasteiger partial charge on any atom is 0.415 e. The number of unbranched alkanes of at least 4 members (excludes halogenated alkanes) is 5. The molecule has 0 aliphatic heterocycles. The molecule has 0 heterocycles. The Balaban J connectivity index is 0. The predicted molar refractivity (Wildman–Crippen MR) is 86.8 cm³/mol. The second kappa shape index (κ2) is 13.9. The molecular weight excluding hydrogens is 294 g/mol. The number of hydrogen-bond acceptors (Lipinski definition) is 4. The van der Waals surface area contributed by atoms with Crippen molar-refractivity contribution in [3.05, 3.63) is 0 Å². The van der Waals surface area contributed by atoms with Crippen LogP contribution in [0.25, 0.3) is 0 Å². The summed E-state index contributed by atoms with van der Waals surface area (Å²) in [5.41, 5.74) is 0. The maximum absolute atomic E-state index is 11.4. The van der Waals surface area contributed by atoms with Crippen molar-refractivity contribution in [2.24, 2.45) is 0 Å². The maximum atomic E-state index is 11.4. The molecular formula is C14H30ClN3O3. The second-order valence-electron chi connectivity index (χ2n) is 5.14. The number of alkyl carbamates (subject to hydrolysis) is 1. The number of hydrogen-bond donors (Lipinski definition) is 2. The zero-order valence-corrected chi connectivity index (χ0v) is 14.4. The van der Waals surface area contributed by atoms with Gasteiger partial charge in [-0.05, 0) is 27.4 Å². The summed E-state index contributed by atoms with van der Waals surface area (Å²) in [6.07, 6.45) is 5.92. The number of amides is 3. The first kappa shape index (κ1) is 22.3. The number of carbonyl (C=O) groups excluding carboxylic acids is 2. The SMILES string of the molecule is CCCCCCCCOC(=O)NC(=O)NC(C)N(C)C.Cl. The quantitative estimate of drug-likeness (QED) is 0.505. The van der Waals surface area contributed by atoms with Crippen LogP contribution >= 0.6 is 12.4 Å². The first-order valence-corrected chi connectivity index (χ1v) is 7.38. The van der Waals surface area contributed by atoms with Crippen molar-refractivity contribution in [1.29, 1.82) is 0 Å². The third-order valence-corrected chi connectivity index (χ3v) is 3.06. The molecule has 0 aromatic heterocycles. The number of rotatable bonds is 9. The largest absolute Gasteiger partial charge is 0.449 e. The lowest BCUT2D eigenvalue weighted by Crippen LogP contribution is -2.48. The predicted octanol–water partition coefficient (Wildman–Crippen LogP) is 3.11. The number of halogens is 1. The van der Waals surface area contributed by atoms with Crippen LogP contribution < -0.4 is 10.6 Å². The van der Waals surface area contributed by atoms with Crippen LogP contribution in [-0.4, -0.2) is 43.9 Å². The van der Waals surface area contributed by atoms with Crippen LogP contribution in [0, 0.1) is 0 Å². The van der Waals surface area contributed by atoms with Gasteiger partial charge in [0.1, 0.15) is 0 Å². The topological polar surface area (TPSA) is 70.7 Å². The Labute approximate surface area is 134 Å². The van der Waals surface area contributed by atoms with Crippen molar-refractivity contribution in [2.45, 2.75) is 58.5 Å². The van der Waals surface area contributed by atoms with Crippen molar-refractivity contribution in [2.75, 3.05) is 20.7 Å². The van der Waals surface area contributed by atoms with Gasteiger partial charge < -0.3 is 10.1 Å². The first-order valence-electron chi connectivity index (χ1n) is 7.38. The Morgan fingerprint density at radius 2 is 1.67 bits per heavy atom. The van der Waals surface area contributed by atoms with E-state index in [-0.39, 0.29) is 18.6 Å². The van der Waals surface area contributed by atoms with Crippen molar-refractivity contribution in [3.8, 4) is 0 Å². The minimum absolute atomic E-state index is 0. The molecule has 6 nitrogen and oxygen atoms in total. The van der Waals surface area contributed by atoms with Gasteiger partial charge in [0.15, 0.2) is 0 Å². The number of nitrogens with one attached hydrogen (secondary N) is 2. The summed E-state index contributed by atoms with van der Waals surface area (Å²) in [6.45, 7) is 4.35. The molecule has 0 aromatic carbocycles. The highest BCUT2D eigenvalue weighted by molar-refractivity contribution is 5.90. The monoisotopic (exact) mass is 323 g/mol. The van der Waals surface area contributed by atoms with Gasteiger partial charge in [-0.1, -0.05) is 39.0 Å². The third kappa shape index (κ3) is 13.7. The molecule has 1 atom stereocenters. The van der Waals surface area contributed by atoms with E-state index < -0.39 is 12.1 Å². The number of carbonyl (C=O) groups is 2. The van der Waals surface area contributed by atoms with E-state index in [9.17, 15) is 9.59 Å². The van der Waals surface area contributed by atoms with Crippen molar-refractivity contribution >= 4 is 24.5 Å². The second-order valence-corrected chi connectivity index (χ2v) is 5.14. The first-order chi connectivity index (χ1) is 9.47. The molecule has 0 fully saturated rings. The molecule has 3 amide bonds. The van der Waals surface area contributed by atoms with E-state index in [4.69, 9.17) is 4.74 Å². The highest BCUT2D eigenvalue weighted by atomic mass is 35.5. The molecule has 126 valence electrons. The zero-order valence-electron chi connectivity index (χ0n) is 13.6. The van der Waals surface area contributed by atoms with Crippen LogP contribution in [0.1, 0.15) is 52.4 Å². The number of imide groups is 1. The average Bonchev–Trinajstić information content (AvgIpc) is 2.37. The smallest absolute Gasteiger partial charge is 0.415 e. The Hall–Kier alpha value is -1.01. The van der Waals surface area contributed by atoms with E-state index in [1.807, 2.05) is 25.9 Å². The number of ether oxygens (including phenoxy) is 1. The Morgan fingerprint density at radius 3 is 2.24 bits per heavy atom. The molecule has 0 aliphatic rings. The van der Waals surface area contributed by atoms with Crippen molar-refractivity contribution in [1.82, 2.24) is 15.5 Å². The highest BCUT2D eigenvalue weighted by Crippen LogP contribution is 2.04. The van der Waals surface area contributed by atoms with Gasteiger partial charge in [-0.15, -0.1) is 12.4 Å². The summed E-state index contributed by atoms with van der Waals surface area (Å²) in [4.78, 5) is 24.6. The van der Waals surface area contributed by atoms with Crippen LogP contribution in [0.2, 0.25) is 0 Å². The van der Waals surface area contributed by atoms with Crippen LogP contribution in [-0.2, 0) is 4.74 Å². The number of urea groups is 1. The van der Waals surface area contributed by atoms with Gasteiger partial charge in [-0.2, -0.15) is 0 Å². The van der Waals surface area contributed by atoms with Gasteiger partial charge in [-0.3, -0.25) is 4.90 Å². The molecule has 0 saturated carbocycles. The molecule has 0 radical (unpaired) electrons. The molecule has 21 heavy (non-hydrogen) atoms. The molecule has 0 saturated heterocycles. The van der Waals surface area contributed by atoms with E-state index in [1.54, 1.807) is 0 Å². The summed E-state index contributed by atoms with van der Waals surface area (Å²) in [5.74, 6) is 0. The lowest BCUT2D eigenvalue weighted by molar-refractivity contribution is 0.143. The third-order valence-electron chi connectivity index (χ3n) is 3.06. The van der Waals surface area contributed by atoms with Gasteiger partial charge >= 0.3 is 12.1 Å². The van der Waals surface area contributed by atoms with Gasteiger partial charge in [0.25, 0.3) is 0 Å². The summed E-state index contributed by atoms with van der Waals surface area (Å²) < 4.78 is 4.94. The van der Waals surface area contributed by atoms with Crippen LogP contribution in [0.3, 0.4) is 0 Å². The van der Waals surface area contributed by atoms with Crippen molar-refractivity contribution in [3.63, 3.8) is 0 Å². The Bertz CT molecular complexity index is 289. The van der Waals surface area contributed by atoms with E-state index in [1.165, 1.54) is 25.7 Å². The van der Waals surface area contributed by atoms with E-state index in [0.717, 1.165) is 12.8 Å². The number of nitrogens with zero attached hydrogens (tertiary/aromatic N) is 1. The molecule has 0 spiro atoms. The van der Waals surface area contributed by atoms with E-state index >= 15 is 0 Å². The molecule has 0 aliphatic carbocycles. The summed E-state index contributed by atoms with van der Waals surface area (Å²) >= 11 is 0. The zero-order chi connectivity index (χ0) is 15.4. The fourth-order valence-electron chi connectivity index (χ4n) is 1.53. The highest BCUT2D eigenvalue weighted by Gasteiger charge is 2.12. The summed E-state index contributed by atoms with van der Waals surface area (Å²) in [6, 6.07) is -0.542. The van der Waals surface area contributed by atoms with Crippen LogP contribution in [0.4, 0.5) is 9.59 Å². The molecule has 1 unspecified atom stereocenters. The summed E-state index contributed by atoms with van der Waals surface area (Å²) in [5, 5.41) is 4.75. The minimum atomic E-state index is -0.693. The van der Waals surface area contributed by atoms with Gasteiger partial charge in [0, 0.05) is 0 Å². The minimum Gasteiger partial charge on any atom is -0.449 e. The average molecular weight is 324 g/mol. The fraction of sp³-hybridized carbons (Fsp3) is 0.857. The van der Waals surface area contributed by atoms with E-state index in [0.29, 0.717) is 6.61 Å². The van der Waals surface area contributed by atoms with Gasteiger partial charge in [-0.25, -0.2) is 14.9 Å². The Kier molecular flexibility index (Phi) is 14.8. The van der Waals surface area contributed by atoms with Crippen LogP contribution in [0.5, 0.6) is 0 Å². The lowest BCUT2D eigenvalue weighted by atomic mass is 10.1. The van der Waals surface area contributed by atoms with Gasteiger partial charge in [0.05, 0.1) is 12.8 Å². The fourth-order valence-corrected chi connectivity index (χ4v) is 1.53. The molecule has 7 heteroatoms. The normalized spacial score (nSPS) is 11.5. The lowest BCUT2D eigenvalue weighted by Gasteiger charge is -2.20. The Morgan fingerprint density at radius 1 is 1.10 bits per heavy atom. The molecule has 0 rings (SSSR count). The van der Waals surface area contributed by atoms with Crippen LogP contribution in [0.15, 0.2) is 0 Å². The molecule has 2 N–H and O–H groups in total. The van der Waals surface area contributed by atoms with Crippen molar-refractivity contribution < 1.29 is 14.3 Å². The van der Waals surface area contributed by atoms with E-state index in [2.05, 4.69) is 17.6 Å². The van der Waals surface area contributed by atoms with Gasteiger partial charge in [0.2, 0.25) is 0 Å². The molecule has 0 aromatic rings. The summed E-state index contributed by atoms with van der Waals surface area (Å²) in [7, 11) is 3.67. The standard InChI is InChI=1S/C14H29N3O3.ClH/c1-5-6-7-8-9-10-11-20-14(19)16-13(18)15-12(2)17(3)4;/h12H,5-11H2,1-4H3,(H2,15,16,18,19);1H. The molecule has 0 bridgehead atoms.